The standard InChI is InChI=1S/C22H22FN5O/c23-17-9-15(21-22(26-11-25-21)16(17)10-20(24)29)13-6-7-19-18(8-13)27-12-28(19)14-4-2-1-3-5-14/h6-9,11-12,14H,1-5,10H2,(H2,24,29)(H,25,26). The molecule has 0 spiro atoms. The van der Waals surface area contributed by atoms with Crippen molar-refractivity contribution in [3.63, 3.8) is 0 Å². The van der Waals surface area contributed by atoms with Crippen LogP contribution in [-0.2, 0) is 11.2 Å². The molecule has 2 aromatic heterocycles. The molecule has 5 rings (SSSR count). The lowest BCUT2D eigenvalue weighted by Gasteiger charge is -2.23. The molecule has 1 saturated carbocycles. The largest absolute Gasteiger partial charge is 0.369 e. The van der Waals surface area contributed by atoms with Crippen LogP contribution >= 0.6 is 0 Å². The van der Waals surface area contributed by atoms with Gasteiger partial charge in [-0.15, -0.1) is 0 Å². The lowest BCUT2D eigenvalue weighted by atomic mass is 9.95. The summed E-state index contributed by atoms with van der Waals surface area (Å²) in [5, 5.41) is 0. The van der Waals surface area contributed by atoms with Crippen molar-refractivity contribution in [1.29, 1.82) is 0 Å². The minimum absolute atomic E-state index is 0.171. The molecule has 1 amide bonds. The van der Waals surface area contributed by atoms with E-state index in [4.69, 9.17) is 5.73 Å². The third kappa shape index (κ3) is 3.06. The number of carbonyl (C=O) groups is 1. The molecule has 0 bridgehead atoms. The summed E-state index contributed by atoms with van der Waals surface area (Å²) in [4.78, 5) is 23.3. The molecule has 2 heterocycles. The lowest BCUT2D eigenvalue weighted by molar-refractivity contribution is -0.117. The second-order valence-corrected chi connectivity index (χ2v) is 7.80. The molecular weight excluding hydrogens is 369 g/mol. The Bertz CT molecular complexity index is 1220. The van der Waals surface area contributed by atoms with Gasteiger partial charge < -0.3 is 15.3 Å². The smallest absolute Gasteiger partial charge is 0.222 e. The van der Waals surface area contributed by atoms with E-state index in [-0.39, 0.29) is 12.0 Å². The molecule has 0 radical (unpaired) electrons. The van der Waals surface area contributed by atoms with Gasteiger partial charge in [-0.2, -0.15) is 0 Å². The number of benzene rings is 2. The van der Waals surface area contributed by atoms with E-state index in [0.29, 0.717) is 22.6 Å². The number of aromatic amines is 1. The number of rotatable bonds is 4. The number of halogens is 1. The maximum Gasteiger partial charge on any atom is 0.222 e. The van der Waals surface area contributed by atoms with Crippen LogP contribution < -0.4 is 5.73 Å². The van der Waals surface area contributed by atoms with Gasteiger partial charge in [0.1, 0.15) is 5.82 Å². The number of nitrogens with zero attached hydrogens (tertiary/aromatic N) is 3. The quantitative estimate of drug-likeness (QED) is 0.545. The highest BCUT2D eigenvalue weighted by Crippen LogP contribution is 2.35. The molecule has 1 aliphatic carbocycles. The van der Waals surface area contributed by atoms with Crippen LogP contribution in [0, 0.1) is 5.82 Å². The van der Waals surface area contributed by atoms with E-state index < -0.39 is 11.7 Å². The molecule has 0 aliphatic heterocycles. The monoisotopic (exact) mass is 391 g/mol. The molecule has 0 unspecified atom stereocenters. The van der Waals surface area contributed by atoms with Crippen LogP contribution in [-0.4, -0.2) is 25.4 Å². The summed E-state index contributed by atoms with van der Waals surface area (Å²) in [6.07, 6.45) is 9.47. The Labute approximate surface area is 167 Å². The first-order chi connectivity index (χ1) is 14.1. The number of nitrogens with one attached hydrogen (secondary N) is 1. The fourth-order valence-corrected chi connectivity index (χ4v) is 4.55. The van der Waals surface area contributed by atoms with Crippen molar-refractivity contribution in [1.82, 2.24) is 19.5 Å². The van der Waals surface area contributed by atoms with Crippen molar-refractivity contribution in [2.24, 2.45) is 5.73 Å². The summed E-state index contributed by atoms with van der Waals surface area (Å²) in [5.41, 5.74) is 10.1. The predicted molar refractivity (Wildman–Crippen MR) is 110 cm³/mol. The molecule has 148 valence electrons. The van der Waals surface area contributed by atoms with E-state index in [1.165, 1.54) is 44.5 Å². The van der Waals surface area contributed by atoms with Crippen molar-refractivity contribution in [3.8, 4) is 11.1 Å². The maximum absolute atomic E-state index is 14.8. The van der Waals surface area contributed by atoms with E-state index in [1.807, 2.05) is 18.5 Å². The van der Waals surface area contributed by atoms with Gasteiger partial charge in [-0.25, -0.2) is 14.4 Å². The zero-order valence-corrected chi connectivity index (χ0v) is 16.0. The van der Waals surface area contributed by atoms with Crippen LogP contribution in [0.2, 0.25) is 0 Å². The van der Waals surface area contributed by atoms with E-state index in [9.17, 15) is 9.18 Å². The van der Waals surface area contributed by atoms with Gasteiger partial charge in [0.15, 0.2) is 0 Å². The van der Waals surface area contributed by atoms with E-state index >= 15 is 0 Å². The fraction of sp³-hybridized carbons (Fsp3) is 0.318. The topological polar surface area (TPSA) is 89.6 Å². The number of amides is 1. The van der Waals surface area contributed by atoms with Crippen LogP contribution in [0.4, 0.5) is 4.39 Å². The molecular formula is C22H22FN5O. The summed E-state index contributed by atoms with van der Waals surface area (Å²) >= 11 is 0. The Morgan fingerprint density at radius 1 is 1.21 bits per heavy atom. The number of fused-ring (bicyclic) bond motifs is 2. The van der Waals surface area contributed by atoms with Gasteiger partial charge in [0.2, 0.25) is 5.91 Å². The number of aromatic nitrogens is 4. The predicted octanol–water partition coefficient (Wildman–Crippen LogP) is 4.25. The van der Waals surface area contributed by atoms with Crippen molar-refractivity contribution < 1.29 is 9.18 Å². The summed E-state index contributed by atoms with van der Waals surface area (Å²) in [6.45, 7) is 0. The number of hydrogen-bond donors (Lipinski definition) is 2. The third-order valence-corrected chi connectivity index (χ3v) is 5.96. The van der Waals surface area contributed by atoms with Crippen LogP contribution in [0.5, 0.6) is 0 Å². The van der Waals surface area contributed by atoms with Crippen LogP contribution in [0.1, 0.15) is 43.7 Å². The highest BCUT2D eigenvalue weighted by molar-refractivity contribution is 5.97. The average Bonchev–Trinajstić information content (AvgIpc) is 3.37. The first-order valence-electron chi connectivity index (χ1n) is 10.0. The Morgan fingerprint density at radius 2 is 2.03 bits per heavy atom. The Hall–Kier alpha value is -3.22. The van der Waals surface area contributed by atoms with Gasteiger partial charge in [-0.1, -0.05) is 25.3 Å². The number of H-pyrrole nitrogens is 1. The number of primary amides is 1. The first kappa shape index (κ1) is 17.8. The molecule has 4 aromatic rings. The lowest BCUT2D eigenvalue weighted by Crippen LogP contribution is -2.15. The van der Waals surface area contributed by atoms with Gasteiger partial charge in [0, 0.05) is 17.2 Å². The maximum atomic E-state index is 14.8. The van der Waals surface area contributed by atoms with Crippen LogP contribution in [0.25, 0.3) is 33.2 Å². The van der Waals surface area contributed by atoms with Gasteiger partial charge in [-0.05, 0) is 36.6 Å². The van der Waals surface area contributed by atoms with E-state index in [1.54, 1.807) is 0 Å². The van der Waals surface area contributed by atoms with Crippen LogP contribution in [0.3, 0.4) is 0 Å². The van der Waals surface area contributed by atoms with Gasteiger partial charge in [0.25, 0.3) is 0 Å². The van der Waals surface area contributed by atoms with Gasteiger partial charge in [0.05, 0.1) is 41.1 Å². The van der Waals surface area contributed by atoms with Crippen molar-refractivity contribution in [2.45, 2.75) is 44.6 Å². The van der Waals surface area contributed by atoms with Crippen molar-refractivity contribution >= 4 is 28.0 Å². The second kappa shape index (κ2) is 6.99. The minimum Gasteiger partial charge on any atom is -0.369 e. The molecule has 0 saturated heterocycles. The normalized spacial score (nSPS) is 15.3. The minimum atomic E-state index is -0.581. The SMILES string of the molecule is NC(=O)Cc1c(F)cc(-c2ccc3c(c2)ncn3C2CCCCC2)c2nc[nH]c12. The van der Waals surface area contributed by atoms with E-state index in [2.05, 4.69) is 25.6 Å². The second-order valence-electron chi connectivity index (χ2n) is 7.80. The summed E-state index contributed by atoms with van der Waals surface area (Å²) in [7, 11) is 0. The zero-order valence-electron chi connectivity index (χ0n) is 16.0. The van der Waals surface area contributed by atoms with Gasteiger partial charge >= 0.3 is 0 Å². The molecule has 29 heavy (non-hydrogen) atoms. The number of hydrogen-bond acceptors (Lipinski definition) is 3. The highest BCUT2D eigenvalue weighted by Gasteiger charge is 2.20. The Morgan fingerprint density at radius 3 is 2.83 bits per heavy atom. The van der Waals surface area contributed by atoms with Crippen molar-refractivity contribution in [2.75, 3.05) is 0 Å². The summed E-state index contributed by atoms with van der Waals surface area (Å²) < 4.78 is 17.1. The van der Waals surface area contributed by atoms with Gasteiger partial charge in [-0.3, -0.25) is 4.79 Å². The number of carbonyl (C=O) groups excluding carboxylic acids is 1. The molecule has 0 atom stereocenters. The molecule has 1 aliphatic rings. The van der Waals surface area contributed by atoms with Crippen molar-refractivity contribution in [3.05, 3.63) is 48.3 Å². The molecule has 1 fully saturated rings. The molecule has 7 heteroatoms. The molecule has 6 nitrogen and oxygen atoms in total. The van der Waals surface area contributed by atoms with Crippen LogP contribution in [0.15, 0.2) is 36.9 Å². The highest BCUT2D eigenvalue weighted by atomic mass is 19.1. The average molecular weight is 391 g/mol. The first-order valence-corrected chi connectivity index (χ1v) is 10.0. The number of nitrogens with two attached hydrogens (primary N) is 1. The third-order valence-electron chi connectivity index (χ3n) is 5.96. The zero-order chi connectivity index (χ0) is 20.0. The summed E-state index contributed by atoms with van der Waals surface area (Å²) in [6, 6.07) is 7.95. The number of imidazole rings is 2. The molecule has 2 aromatic carbocycles. The van der Waals surface area contributed by atoms with E-state index in [0.717, 1.165) is 16.6 Å². The fourth-order valence-electron chi connectivity index (χ4n) is 4.55. The molecule has 3 N–H and O–H groups in total. The Kier molecular flexibility index (Phi) is 4.30. The summed E-state index contributed by atoms with van der Waals surface area (Å²) in [5.74, 6) is -1.05. The Balaban J connectivity index is 1.60.